The van der Waals surface area contributed by atoms with Gasteiger partial charge in [-0.2, -0.15) is 0 Å². The largest absolute Gasteiger partial charge is 0.414 e. The molecule has 8 heteroatoms. The van der Waals surface area contributed by atoms with Crippen LogP contribution in [0.4, 0.5) is 9.59 Å². The topological polar surface area (TPSA) is 111 Å². The van der Waals surface area contributed by atoms with Crippen molar-refractivity contribution in [1.82, 2.24) is 10.6 Å². The first kappa shape index (κ1) is 26.9. The predicted molar refractivity (Wildman–Crippen MR) is 110 cm³/mol. The molecule has 0 aromatic heterocycles. The molecule has 2 amide bonds. The molecule has 2 N–H and O–H groups in total. The van der Waals surface area contributed by atoms with Gasteiger partial charge < -0.3 is 20.1 Å². The van der Waals surface area contributed by atoms with E-state index in [9.17, 15) is 19.2 Å². The third kappa shape index (κ3) is 14.5. The van der Waals surface area contributed by atoms with E-state index in [-0.39, 0.29) is 0 Å². The minimum absolute atomic E-state index is 0.482. The standard InChI is InChI=1S/C21H38N2O6/c1-20(2,3)16(24)28-18(26)22-14-12-10-8-7-9-11-13-15-23-19(27)29-17(25)21(4,5)6/h7-15H2,1-6H3,(H,22,26)(H,23,27). The van der Waals surface area contributed by atoms with Crippen molar-refractivity contribution in [2.24, 2.45) is 10.8 Å². The van der Waals surface area contributed by atoms with Gasteiger partial charge in [-0.05, 0) is 54.4 Å². The Labute approximate surface area is 174 Å². The molecule has 0 atom stereocenters. The molecular weight excluding hydrogens is 376 g/mol. The van der Waals surface area contributed by atoms with E-state index in [1.54, 1.807) is 41.5 Å². The van der Waals surface area contributed by atoms with Crippen molar-refractivity contribution in [3.63, 3.8) is 0 Å². The molecule has 168 valence electrons. The summed E-state index contributed by atoms with van der Waals surface area (Å²) >= 11 is 0. The van der Waals surface area contributed by atoms with E-state index in [1.807, 2.05) is 0 Å². The van der Waals surface area contributed by atoms with Gasteiger partial charge in [-0.15, -0.1) is 0 Å². The van der Waals surface area contributed by atoms with E-state index >= 15 is 0 Å². The van der Waals surface area contributed by atoms with Crippen molar-refractivity contribution in [2.75, 3.05) is 13.1 Å². The quantitative estimate of drug-likeness (QED) is 0.313. The zero-order chi connectivity index (χ0) is 22.5. The summed E-state index contributed by atoms with van der Waals surface area (Å²) in [5, 5.41) is 5.16. The molecule has 0 aliphatic rings. The number of ether oxygens (including phenoxy) is 2. The molecule has 0 unspecified atom stereocenters. The van der Waals surface area contributed by atoms with Gasteiger partial charge >= 0.3 is 24.1 Å². The van der Waals surface area contributed by atoms with Gasteiger partial charge in [-0.3, -0.25) is 9.59 Å². The highest BCUT2D eigenvalue weighted by atomic mass is 16.6. The molecule has 0 saturated carbocycles. The Balaban J connectivity index is 3.52. The van der Waals surface area contributed by atoms with Gasteiger partial charge in [-0.25, -0.2) is 9.59 Å². The van der Waals surface area contributed by atoms with E-state index in [0.717, 1.165) is 44.9 Å². The van der Waals surface area contributed by atoms with Crippen molar-refractivity contribution >= 4 is 24.1 Å². The van der Waals surface area contributed by atoms with Crippen LogP contribution in [0, 0.1) is 10.8 Å². The van der Waals surface area contributed by atoms with E-state index in [4.69, 9.17) is 9.47 Å². The Hall–Kier alpha value is -2.12. The Kier molecular flexibility index (Phi) is 12.2. The predicted octanol–water partition coefficient (Wildman–Crippen LogP) is 4.31. The highest BCUT2D eigenvalue weighted by Crippen LogP contribution is 2.15. The molecule has 0 heterocycles. The molecule has 0 bridgehead atoms. The molecule has 0 radical (unpaired) electrons. The van der Waals surface area contributed by atoms with E-state index in [1.165, 1.54) is 0 Å². The first-order chi connectivity index (χ1) is 13.3. The molecule has 0 aromatic rings. The lowest BCUT2D eigenvalue weighted by molar-refractivity contribution is -0.147. The molecular formula is C21H38N2O6. The summed E-state index contributed by atoms with van der Waals surface area (Å²) in [4.78, 5) is 46.1. The summed E-state index contributed by atoms with van der Waals surface area (Å²) in [5.74, 6) is -1.09. The maximum Gasteiger partial charge on any atom is 0.414 e. The highest BCUT2D eigenvalue weighted by Gasteiger charge is 2.26. The lowest BCUT2D eigenvalue weighted by Gasteiger charge is -2.15. The number of amides is 2. The number of rotatable bonds is 10. The zero-order valence-electron chi connectivity index (χ0n) is 18.8. The van der Waals surface area contributed by atoms with Crippen LogP contribution < -0.4 is 10.6 Å². The number of unbranched alkanes of at least 4 members (excludes halogenated alkanes) is 6. The second kappa shape index (κ2) is 13.2. The maximum atomic E-state index is 11.6. The number of hydrogen-bond acceptors (Lipinski definition) is 6. The summed E-state index contributed by atoms with van der Waals surface area (Å²) in [6.07, 6.45) is 5.39. The molecule has 0 fully saturated rings. The molecule has 0 aliphatic carbocycles. The fourth-order valence-corrected chi connectivity index (χ4v) is 2.06. The lowest BCUT2D eigenvalue weighted by Crippen LogP contribution is -2.32. The van der Waals surface area contributed by atoms with Crippen LogP contribution in [0.5, 0.6) is 0 Å². The second-order valence-electron chi connectivity index (χ2n) is 9.18. The van der Waals surface area contributed by atoms with Gasteiger partial charge in [-0.1, -0.05) is 32.1 Å². The number of hydrogen-bond donors (Lipinski definition) is 2. The molecule has 0 spiro atoms. The van der Waals surface area contributed by atoms with Crippen LogP contribution in [0.25, 0.3) is 0 Å². The Morgan fingerprint density at radius 1 is 0.552 bits per heavy atom. The smallest absolute Gasteiger partial charge is 0.376 e. The third-order valence-electron chi connectivity index (χ3n) is 3.99. The highest BCUT2D eigenvalue weighted by molar-refractivity contribution is 5.87. The average molecular weight is 415 g/mol. The fourth-order valence-electron chi connectivity index (χ4n) is 2.06. The van der Waals surface area contributed by atoms with Crippen LogP contribution in [-0.2, 0) is 19.1 Å². The van der Waals surface area contributed by atoms with Gasteiger partial charge in [0.2, 0.25) is 0 Å². The maximum absolute atomic E-state index is 11.6. The van der Waals surface area contributed by atoms with Crippen LogP contribution in [0.3, 0.4) is 0 Å². The first-order valence-electron chi connectivity index (χ1n) is 10.3. The van der Waals surface area contributed by atoms with Gasteiger partial charge in [0.15, 0.2) is 0 Å². The monoisotopic (exact) mass is 414 g/mol. The molecule has 29 heavy (non-hydrogen) atoms. The number of carbonyl (C=O) groups excluding carboxylic acids is 4. The number of carbonyl (C=O) groups is 4. The normalized spacial score (nSPS) is 11.5. The van der Waals surface area contributed by atoms with Crippen molar-refractivity contribution < 1.29 is 28.7 Å². The van der Waals surface area contributed by atoms with E-state index < -0.39 is 35.0 Å². The van der Waals surface area contributed by atoms with Crippen molar-refractivity contribution in [3.05, 3.63) is 0 Å². The molecule has 0 rings (SSSR count). The first-order valence-corrected chi connectivity index (χ1v) is 10.3. The molecule has 8 nitrogen and oxygen atoms in total. The van der Waals surface area contributed by atoms with Gasteiger partial charge in [0.05, 0.1) is 10.8 Å². The third-order valence-corrected chi connectivity index (χ3v) is 3.99. The summed E-state index contributed by atoms with van der Waals surface area (Å²) in [7, 11) is 0. The minimum Gasteiger partial charge on any atom is -0.376 e. The number of nitrogens with one attached hydrogen (secondary N) is 2. The van der Waals surface area contributed by atoms with Crippen LogP contribution in [-0.4, -0.2) is 37.2 Å². The summed E-state index contributed by atoms with van der Waals surface area (Å²) in [6.45, 7) is 11.1. The van der Waals surface area contributed by atoms with E-state index in [0.29, 0.717) is 13.1 Å². The van der Waals surface area contributed by atoms with Crippen molar-refractivity contribution in [2.45, 2.75) is 86.5 Å². The second-order valence-corrected chi connectivity index (χ2v) is 9.18. The van der Waals surface area contributed by atoms with Crippen LogP contribution in [0.1, 0.15) is 86.5 Å². The average Bonchev–Trinajstić information content (AvgIpc) is 2.57. The van der Waals surface area contributed by atoms with Crippen LogP contribution in [0.2, 0.25) is 0 Å². The van der Waals surface area contributed by atoms with Crippen LogP contribution in [0.15, 0.2) is 0 Å². The molecule has 0 aromatic carbocycles. The summed E-state index contributed by atoms with van der Waals surface area (Å²) in [6, 6.07) is 0. The SMILES string of the molecule is CC(C)(C)C(=O)OC(=O)NCCCCCCCCCNC(=O)OC(=O)C(C)(C)C. The van der Waals surface area contributed by atoms with Crippen molar-refractivity contribution in [3.8, 4) is 0 Å². The van der Waals surface area contributed by atoms with E-state index in [2.05, 4.69) is 10.6 Å². The van der Waals surface area contributed by atoms with Gasteiger partial charge in [0.25, 0.3) is 0 Å². The lowest BCUT2D eigenvalue weighted by atomic mass is 9.97. The van der Waals surface area contributed by atoms with Gasteiger partial charge in [0.1, 0.15) is 0 Å². The molecule has 0 aliphatic heterocycles. The minimum atomic E-state index is -0.697. The Bertz CT molecular complexity index is 498. The van der Waals surface area contributed by atoms with Gasteiger partial charge in [0, 0.05) is 13.1 Å². The van der Waals surface area contributed by atoms with Crippen LogP contribution >= 0.6 is 0 Å². The Morgan fingerprint density at radius 3 is 1.10 bits per heavy atom. The number of esters is 2. The van der Waals surface area contributed by atoms with Crippen molar-refractivity contribution in [1.29, 1.82) is 0 Å². The Morgan fingerprint density at radius 2 is 0.828 bits per heavy atom. The summed E-state index contributed by atoms with van der Waals surface area (Å²) < 4.78 is 9.41. The summed E-state index contributed by atoms with van der Waals surface area (Å²) in [5.41, 5.74) is -1.39. The fraction of sp³-hybridized carbons (Fsp3) is 0.810. The molecule has 0 saturated heterocycles. The number of alkyl carbamates (subject to hydrolysis) is 2. The zero-order valence-corrected chi connectivity index (χ0v) is 18.8.